The molecule has 0 saturated carbocycles. The fraction of sp³-hybridized carbons (Fsp3) is 0.500. The summed E-state index contributed by atoms with van der Waals surface area (Å²) in [7, 11) is -3.08. The number of hydrogen-bond acceptors (Lipinski definition) is 4. The summed E-state index contributed by atoms with van der Waals surface area (Å²) in [4.78, 5) is 2.19. The Labute approximate surface area is 122 Å². The Morgan fingerprint density at radius 1 is 1.26 bits per heavy atom. The Kier molecular flexibility index (Phi) is 4.50. The number of hydrogen-bond donors (Lipinski definition) is 1. The summed E-state index contributed by atoms with van der Waals surface area (Å²) in [6.45, 7) is 2.89. The fourth-order valence-electron chi connectivity index (χ4n) is 2.31. The molecule has 5 nitrogen and oxygen atoms in total. The molecule has 1 aromatic carbocycles. The van der Waals surface area contributed by atoms with E-state index in [0.29, 0.717) is 32.7 Å². The molecule has 7 heteroatoms. The molecule has 0 bridgehead atoms. The molecular formula is C12H18BrN3O2S. The van der Waals surface area contributed by atoms with Crippen molar-refractivity contribution in [2.24, 2.45) is 5.73 Å². The van der Waals surface area contributed by atoms with E-state index in [1.54, 1.807) is 0 Å². The molecule has 1 saturated heterocycles. The first kappa shape index (κ1) is 14.8. The zero-order valence-electron chi connectivity index (χ0n) is 10.8. The largest absolute Gasteiger partial charge is 0.369 e. The maximum atomic E-state index is 11.5. The number of benzene rings is 1. The zero-order valence-corrected chi connectivity index (χ0v) is 13.2. The number of sulfonamides is 1. The molecule has 106 valence electrons. The minimum Gasteiger partial charge on any atom is -0.369 e. The lowest BCUT2D eigenvalue weighted by Crippen LogP contribution is -2.48. The summed E-state index contributed by atoms with van der Waals surface area (Å²) < 4.78 is 25.5. The second-order valence-electron chi connectivity index (χ2n) is 4.59. The van der Waals surface area contributed by atoms with Crippen molar-refractivity contribution in [2.45, 2.75) is 6.54 Å². The number of rotatable bonds is 3. The van der Waals surface area contributed by atoms with Crippen LogP contribution in [0.15, 0.2) is 22.7 Å². The maximum Gasteiger partial charge on any atom is 0.211 e. The predicted molar refractivity (Wildman–Crippen MR) is 80.7 cm³/mol. The highest BCUT2D eigenvalue weighted by Gasteiger charge is 2.24. The number of halogens is 1. The van der Waals surface area contributed by atoms with Gasteiger partial charge in [-0.2, -0.15) is 4.31 Å². The Hall–Kier alpha value is -0.630. The van der Waals surface area contributed by atoms with Gasteiger partial charge < -0.3 is 10.6 Å². The Bertz CT molecular complexity index is 554. The van der Waals surface area contributed by atoms with Crippen LogP contribution in [0.4, 0.5) is 5.69 Å². The summed E-state index contributed by atoms with van der Waals surface area (Å²) in [6.07, 6.45) is 1.26. The zero-order chi connectivity index (χ0) is 14.0. The van der Waals surface area contributed by atoms with Crippen molar-refractivity contribution < 1.29 is 8.42 Å². The molecule has 1 aromatic rings. The van der Waals surface area contributed by atoms with E-state index in [1.807, 2.05) is 18.2 Å². The second-order valence-corrected chi connectivity index (χ2v) is 7.43. The van der Waals surface area contributed by atoms with Crippen LogP contribution in [0.5, 0.6) is 0 Å². The monoisotopic (exact) mass is 347 g/mol. The molecule has 19 heavy (non-hydrogen) atoms. The van der Waals surface area contributed by atoms with Crippen LogP contribution in [0, 0.1) is 0 Å². The van der Waals surface area contributed by atoms with Crippen LogP contribution >= 0.6 is 15.9 Å². The molecule has 0 amide bonds. The van der Waals surface area contributed by atoms with Gasteiger partial charge in [0.05, 0.1) is 6.26 Å². The van der Waals surface area contributed by atoms with Crippen molar-refractivity contribution in [3.63, 3.8) is 0 Å². The van der Waals surface area contributed by atoms with Crippen molar-refractivity contribution in [3.8, 4) is 0 Å². The van der Waals surface area contributed by atoms with Crippen LogP contribution in [0.25, 0.3) is 0 Å². The first-order valence-electron chi connectivity index (χ1n) is 6.11. The number of nitrogens with zero attached hydrogens (tertiary/aromatic N) is 2. The average molecular weight is 348 g/mol. The third-order valence-electron chi connectivity index (χ3n) is 3.35. The van der Waals surface area contributed by atoms with Gasteiger partial charge in [0.2, 0.25) is 10.0 Å². The van der Waals surface area contributed by atoms with Gasteiger partial charge in [-0.15, -0.1) is 0 Å². The third kappa shape index (κ3) is 3.28. The van der Waals surface area contributed by atoms with E-state index in [0.717, 1.165) is 15.7 Å². The van der Waals surface area contributed by atoms with Crippen LogP contribution < -0.4 is 10.6 Å². The van der Waals surface area contributed by atoms with E-state index < -0.39 is 10.0 Å². The predicted octanol–water partition coefficient (Wildman–Crippen LogP) is 0.989. The van der Waals surface area contributed by atoms with Gasteiger partial charge in [0.1, 0.15) is 0 Å². The summed E-state index contributed by atoms with van der Waals surface area (Å²) in [5.74, 6) is 0. The van der Waals surface area contributed by atoms with Crippen molar-refractivity contribution in [2.75, 3.05) is 37.3 Å². The van der Waals surface area contributed by atoms with Gasteiger partial charge in [0.25, 0.3) is 0 Å². The van der Waals surface area contributed by atoms with Gasteiger partial charge in [0, 0.05) is 48.4 Å². The molecule has 0 spiro atoms. The van der Waals surface area contributed by atoms with Crippen molar-refractivity contribution >= 4 is 31.6 Å². The van der Waals surface area contributed by atoms with Crippen LogP contribution in [0.3, 0.4) is 0 Å². The number of piperazine rings is 1. The highest BCUT2D eigenvalue weighted by atomic mass is 79.9. The van der Waals surface area contributed by atoms with E-state index in [9.17, 15) is 8.42 Å². The lowest BCUT2D eigenvalue weighted by molar-refractivity contribution is 0.388. The quantitative estimate of drug-likeness (QED) is 0.885. The molecular weight excluding hydrogens is 330 g/mol. The van der Waals surface area contributed by atoms with E-state index in [2.05, 4.69) is 20.8 Å². The molecule has 0 unspecified atom stereocenters. The lowest BCUT2D eigenvalue weighted by Gasteiger charge is -2.35. The van der Waals surface area contributed by atoms with Crippen molar-refractivity contribution in [1.82, 2.24) is 4.31 Å². The smallest absolute Gasteiger partial charge is 0.211 e. The first-order valence-corrected chi connectivity index (χ1v) is 8.75. The standard InChI is InChI=1S/C12H18BrN3O2S/c1-19(17,18)16-7-5-15(6-8-16)12-4-2-3-11(13)10(12)9-14/h2-4H,5-9,14H2,1H3. The van der Waals surface area contributed by atoms with Crippen LogP contribution in [0.2, 0.25) is 0 Å². The molecule has 2 N–H and O–H groups in total. The van der Waals surface area contributed by atoms with Crippen molar-refractivity contribution in [3.05, 3.63) is 28.2 Å². The summed E-state index contributed by atoms with van der Waals surface area (Å²) >= 11 is 3.50. The fourth-order valence-corrected chi connectivity index (χ4v) is 3.65. The van der Waals surface area contributed by atoms with E-state index in [-0.39, 0.29) is 0 Å². The molecule has 0 aliphatic carbocycles. The van der Waals surface area contributed by atoms with Gasteiger partial charge >= 0.3 is 0 Å². The summed E-state index contributed by atoms with van der Waals surface area (Å²) in [5.41, 5.74) is 7.94. The summed E-state index contributed by atoms with van der Waals surface area (Å²) in [5, 5.41) is 0. The molecule has 0 radical (unpaired) electrons. The van der Waals surface area contributed by atoms with Gasteiger partial charge in [-0.3, -0.25) is 0 Å². The average Bonchev–Trinajstić information content (AvgIpc) is 2.37. The minimum absolute atomic E-state index is 0.461. The molecule has 0 atom stereocenters. The van der Waals surface area contributed by atoms with Gasteiger partial charge in [-0.1, -0.05) is 22.0 Å². The highest BCUT2D eigenvalue weighted by molar-refractivity contribution is 9.10. The highest BCUT2D eigenvalue weighted by Crippen LogP contribution is 2.28. The van der Waals surface area contributed by atoms with Gasteiger partial charge in [-0.25, -0.2) is 8.42 Å². The van der Waals surface area contributed by atoms with Crippen LogP contribution in [0.1, 0.15) is 5.56 Å². The Morgan fingerprint density at radius 2 is 1.89 bits per heavy atom. The van der Waals surface area contributed by atoms with Crippen molar-refractivity contribution in [1.29, 1.82) is 0 Å². The van der Waals surface area contributed by atoms with E-state index >= 15 is 0 Å². The van der Waals surface area contributed by atoms with Crippen LogP contribution in [-0.2, 0) is 16.6 Å². The molecule has 1 aliphatic heterocycles. The SMILES string of the molecule is CS(=O)(=O)N1CCN(c2cccc(Br)c2CN)CC1. The lowest BCUT2D eigenvalue weighted by atomic mass is 10.1. The number of anilines is 1. The Balaban J connectivity index is 2.16. The molecule has 0 aromatic heterocycles. The van der Waals surface area contributed by atoms with Crippen LogP contribution in [-0.4, -0.2) is 45.2 Å². The van der Waals surface area contributed by atoms with E-state index in [4.69, 9.17) is 5.73 Å². The van der Waals surface area contributed by atoms with Gasteiger partial charge in [-0.05, 0) is 12.1 Å². The molecule has 1 fully saturated rings. The second kappa shape index (κ2) is 5.78. The summed E-state index contributed by atoms with van der Waals surface area (Å²) in [6, 6.07) is 5.98. The maximum absolute atomic E-state index is 11.5. The molecule has 1 aliphatic rings. The normalized spacial score (nSPS) is 17.7. The minimum atomic E-state index is -3.08. The van der Waals surface area contributed by atoms with E-state index in [1.165, 1.54) is 10.6 Å². The molecule has 1 heterocycles. The van der Waals surface area contributed by atoms with Gasteiger partial charge in [0.15, 0.2) is 0 Å². The Morgan fingerprint density at radius 3 is 2.42 bits per heavy atom. The number of nitrogens with two attached hydrogens (primary N) is 1. The molecule has 2 rings (SSSR count). The first-order chi connectivity index (χ1) is 8.93. The topological polar surface area (TPSA) is 66.6 Å². The third-order valence-corrected chi connectivity index (χ3v) is 5.39.